The van der Waals surface area contributed by atoms with E-state index in [0.717, 1.165) is 40.7 Å². The summed E-state index contributed by atoms with van der Waals surface area (Å²) in [5, 5.41) is 17.6. The maximum absolute atomic E-state index is 16.1. The van der Waals surface area contributed by atoms with Gasteiger partial charge in [0, 0.05) is 47.3 Å². The summed E-state index contributed by atoms with van der Waals surface area (Å²) in [5.74, 6) is 0.922. The number of nitrogens with one attached hydrogen (secondary N) is 2. The molecule has 1 unspecified atom stereocenters. The molecule has 3 heterocycles. The number of methoxy groups -OCH3 is 2. The largest absolute Gasteiger partial charge is 0.497 e. The zero-order chi connectivity index (χ0) is 35.0. The van der Waals surface area contributed by atoms with Gasteiger partial charge in [0.05, 0.1) is 14.2 Å². The van der Waals surface area contributed by atoms with Gasteiger partial charge in [0.15, 0.2) is 11.7 Å². The first-order valence-electron chi connectivity index (χ1n) is 17.0. The van der Waals surface area contributed by atoms with Crippen LogP contribution in [0.25, 0.3) is 16.8 Å². The molecule has 1 aromatic heterocycles. The summed E-state index contributed by atoms with van der Waals surface area (Å²) in [7, 11) is 3.13. The number of nitrogens with zero attached hydrogens (tertiary/aromatic N) is 4. The Morgan fingerprint density at radius 3 is 2.06 bits per heavy atom. The van der Waals surface area contributed by atoms with E-state index in [0.29, 0.717) is 28.6 Å². The second-order valence-corrected chi connectivity index (χ2v) is 12.8. The molecule has 3 aliphatic rings. The van der Waals surface area contributed by atoms with Gasteiger partial charge in [-0.15, -0.1) is 0 Å². The van der Waals surface area contributed by atoms with Crippen molar-refractivity contribution in [2.45, 2.75) is 24.5 Å². The van der Waals surface area contributed by atoms with Gasteiger partial charge < -0.3 is 19.7 Å². The number of hydrogen-bond acceptors (Lipinski definition) is 6. The van der Waals surface area contributed by atoms with Crippen LogP contribution in [0.3, 0.4) is 0 Å². The number of ether oxygens (including phenoxy) is 2. The molecule has 2 aliphatic heterocycles. The van der Waals surface area contributed by atoms with Crippen molar-refractivity contribution in [1.29, 1.82) is 5.41 Å². The van der Waals surface area contributed by atoms with Gasteiger partial charge in [0.25, 0.3) is 0 Å². The Morgan fingerprint density at radius 1 is 0.882 bits per heavy atom. The van der Waals surface area contributed by atoms with Crippen molar-refractivity contribution in [3.63, 3.8) is 0 Å². The predicted molar refractivity (Wildman–Crippen MR) is 198 cm³/mol. The van der Waals surface area contributed by atoms with Gasteiger partial charge in [0.2, 0.25) is 0 Å². The molecule has 0 radical (unpaired) electrons. The Morgan fingerprint density at radius 2 is 1.51 bits per heavy atom. The zero-order valence-corrected chi connectivity index (χ0v) is 28.3. The molecule has 51 heavy (non-hydrogen) atoms. The van der Waals surface area contributed by atoms with Crippen molar-refractivity contribution in [2.75, 3.05) is 14.2 Å². The number of benzene rings is 4. The van der Waals surface area contributed by atoms with Crippen LogP contribution < -0.4 is 10.1 Å². The van der Waals surface area contributed by atoms with E-state index in [4.69, 9.17) is 20.0 Å². The van der Waals surface area contributed by atoms with Crippen molar-refractivity contribution in [1.82, 2.24) is 20.0 Å². The molecule has 4 aromatic carbocycles. The molecule has 9 heteroatoms. The van der Waals surface area contributed by atoms with Crippen LogP contribution in [0.4, 0.5) is 4.39 Å². The Kier molecular flexibility index (Phi) is 8.31. The lowest BCUT2D eigenvalue weighted by Gasteiger charge is -2.36. The number of rotatable bonds is 9. The van der Waals surface area contributed by atoms with E-state index in [9.17, 15) is 0 Å². The van der Waals surface area contributed by atoms with Crippen molar-refractivity contribution in [3.8, 4) is 17.0 Å². The summed E-state index contributed by atoms with van der Waals surface area (Å²) >= 11 is 0. The monoisotopic (exact) mass is 676 g/mol. The lowest BCUT2D eigenvalue weighted by Crippen LogP contribution is -2.38. The van der Waals surface area contributed by atoms with Crippen LogP contribution >= 0.6 is 0 Å². The number of aliphatic imine (C=N–C) groups is 1. The van der Waals surface area contributed by atoms with E-state index in [1.54, 1.807) is 25.4 Å². The van der Waals surface area contributed by atoms with Crippen molar-refractivity contribution < 1.29 is 13.9 Å². The number of halogens is 1. The summed E-state index contributed by atoms with van der Waals surface area (Å²) in [4.78, 5) is 6.53. The van der Waals surface area contributed by atoms with E-state index in [2.05, 4.69) is 46.7 Å². The lowest BCUT2D eigenvalue weighted by molar-refractivity contribution is 0.386. The molecule has 8 rings (SSSR count). The highest BCUT2D eigenvalue weighted by atomic mass is 19.1. The lowest BCUT2D eigenvalue weighted by atomic mass is 9.77. The summed E-state index contributed by atoms with van der Waals surface area (Å²) in [5.41, 5.74) is 5.00. The third-order valence-corrected chi connectivity index (χ3v) is 9.68. The van der Waals surface area contributed by atoms with Crippen LogP contribution in [-0.4, -0.2) is 46.8 Å². The van der Waals surface area contributed by atoms with Crippen LogP contribution in [0, 0.1) is 17.1 Å². The van der Waals surface area contributed by atoms with Gasteiger partial charge in [0.1, 0.15) is 34.7 Å². The standard InChI is InChI=1S/C42H37FN6O2/c1-50-33-21-22-34(36(43)24-33)39-35(29-20-23-38-45-25-37(48(38)26-29)40(44)46-41(51-2)28-18-19-28)27-49(47-39)42(30-12-6-3-7-13-30,31-14-8-4-9-15-31)32-16-10-5-11-17-32/h3-17,20-28,38,44-45H,18-19H2,1-2H3. The maximum Gasteiger partial charge on any atom is 0.192 e. The number of allylic oxidation sites excluding steroid dienone is 2. The van der Waals surface area contributed by atoms with E-state index < -0.39 is 11.4 Å². The Balaban J connectivity index is 1.34. The van der Waals surface area contributed by atoms with E-state index in [-0.39, 0.29) is 17.9 Å². The molecule has 0 amide bonds. The molecular formula is C42H37FN6O2. The first-order valence-corrected chi connectivity index (χ1v) is 17.0. The first-order chi connectivity index (χ1) is 25.0. The third kappa shape index (κ3) is 5.70. The maximum atomic E-state index is 16.1. The molecular weight excluding hydrogens is 640 g/mol. The minimum atomic E-state index is -0.919. The summed E-state index contributed by atoms with van der Waals surface area (Å²) < 4.78 is 28.9. The van der Waals surface area contributed by atoms with Gasteiger partial charge >= 0.3 is 0 Å². The SMILES string of the molecule is COC(=NC(=N)C1=CNC2C=CC(c3cn(C(c4ccccc4)(c4ccccc4)c4ccccc4)nc3-c3ccc(OC)cc3F)=CN12)C1CC1. The molecule has 1 fully saturated rings. The second kappa shape index (κ2) is 13.2. The average Bonchev–Trinajstić information content (AvgIpc) is 3.79. The molecule has 0 spiro atoms. The Labute approximate surface area is 296 Å². The Bertz CT molecular complexity index is 2110. The highest BCUT2D eigenvalue weighted by molar-refractivity contribution is 6.04. The van der Waals surface area contributed by atoms with E-state index >= 15 is 4.39 Å². The van der Waals surface area contributed by atoms with Crippen molar-refractivity contribution >= 4 is 17.3 Å². The van der Waals surface area contributed by atoms with Crippen LogP contribution in [0.2, 0.25) is 0 Å². The quantitative estimate of drug-likeness (QED) is 0.0940. The number of amidine groups is 1. The molecule has 0 saturated heterocycles. The fourth-order valence-electron chi connectivity index (χ4n) is 7.01. The van der Waals surface area contributed by atoms with E-state index in [1.807, 2.05) is 88.7 Å². The summed E-state index contributed by atoms with van der Waals surface area (Å²) in [6.07, 6.45) is 11.7. The van der Waals surface area contributed by atoms with Gasteiger partial charge in [-0.3, -0.25) is 10.1 Å². The first kappa shape index (κ1) is 32.0. The number of hydrogen-bond donors (Lipinski definition) is 2. The molecule has 254 valence electrons. The predicted octanol–water partition coefficient (Wildman–Crippen LogP) is 7.95. The fourth-order valence-corrected chi connectivity index (χ4v) is 7.01. The highest BCUT2D eigenvalue weighted by Crippen LogP contribution is 2.44. The second-order valence-electron chi connectivity index (χ2n) is 12.8. The van der Waals surface area contributed by atoms with Gasteiger partial charge in [-0.2, -0.15) is 10.1 Å². The van der Waals surface area contributed by atoms with Gasteiger partial charge in [-0.05, 0) is 47.7 Å². The number of fused-ring (bicyclic) bond motifs is 1. The summed E-state index contributed by atoms with van der Waals surface area (Å²) in [6.45, 7) is 0. The Hall–Kier alpha value is -6.22. The van der Waals surface area contributed by atoms with Crippen LogP contribution in [0.1, 0.15) is 35.1 Å². The van der Waals surface area contributed by atoms with Crippen LogP contribution in [0.5, 0.6) is 5.75 Å². The fraction of sp³-hybridized carbons (Fsp3) is 0.167. The van der Waals surface area contributed by atoms with Crippen molar-refractivity contribution in [3.05, 3.63) is 174 Å². The van der Waals surface area contributed by atoms with Crippen LogP contribution in [0.15, 0.2) is 151 Å². The van der Waals surface area contributed by atoms with Gasteiger partial charge in [-0.1, -0.05) is 97.1 Å². The number of aromatic nitrogens is 2. The minimum Gasteiger partial charge on any atom is -0.497 e. The van der Waals surface area contributed by atoms with Crippen LogP contribution in [-0.2, 0) is 10.3 Å². The molecule has 5 aromatic rings. The molecule has 8 nitrogen and oxygen atoms in total. The average molecular weight is 677 g/mol. The topological polar surface area (TPSA) is 87.8 Å². The van der Waals surface area contributed by atoms with E-state index in [1.165, 1.54) is 13.2 Å². The highest BCUT2D eigenvalue weighted by Gasteiger charge is 2.41. The minimum absolute atomic E-state index is 0.105. The third-order valence-electron chi connectivity index (χ3n) is 9.68. The van der Waals surface area contributed by atoms with Gasteiger partial charge in [-0.25, -0.2) is 4.39 Å². The molecule has 1 aliphatic carbocycles. The molecule has 0 bridgehead atoms. The normalized spacial score (nSPS) is 17.0. The molecule has 2 N–H and O–H groups in total. The summed E-state index contributed by atoms with van der Waals surface area (Å²) in [6, 6.07) is 35.7. The zero-order valence-electron chi connectivity index (χ0n) is 28.3. The molecule has 1 saturated carbocycles. The van der Waals surface area contributed by atoms with Crippen molar-refractivity contribution in [2.24, 2.45) is 10.9 Å². The smallest absolute Gasteiger partial charge is 0.192 e. The molecule has 1 atom stereocenters.